The lowest BCUT2D eigenvalue weighted by atomic mass is 9.97. The molecule has 1 amide bonds. The highest BCUT2D eigenvalue weighted by Crippen LogP contribution is 2.23. The molecule has 2 aliphatic rings. The SMILES string of the molecule is CC[C@@H]1CCCCN1CCCNC(=O)C1CCN(S(=O)(=O)Cc2cccc(Br)c2)CC1. The van der Waals surface area contributed by atoms with Crippen LogP contribution in [0.5, 0.6) is 0 Å². The molecule has 31 heavy (non-hydrogen) atoms. The van der Waals surface area contributed by atoms with Gasteiger partial charge in [0, 0.05) is 42.6 Å². The van der Waals surface area contributed by atoms with Crippen LogP contribution in [0.25, 0.3) is 0 Å². The minimum Gasteiger partial charge on any atom is -0.356 e. The van der Waals surface area contributed by atoms with Gasteiger partial charge in [-0.15, -0.1) is 0 Å². The zero-order valence-electron chi connectivity index (χ0n) is 18.6. The van der Waals surface area contributed by atoms with Crippen molar-refractivity contribution < 1.29 is 13.2 Å². The van der Waals surface area contributed by atoms with Gasteiger partial charge in [0.1, 0.15) is 0 Å². The van der Waals surface area contributed by atoms with Crippen molar-refractivity contribution in [1.82, 2.24) is 14.5 Å². The lowest BCUT2D eigenvalue weighted by Gasteiger charge is -2.35. The molecule has 6 nitrogen and oxygen atoms in total. The van der Waals surface area contributed by atoms with Crippen LogP contribution in [0.3, 0.4) is 0 Å². The Kier molecular flexibility index (Phi) is 9.37. The summed E-state index contributed by atoms with van der Waals surface area (Å²) < 4.78 is 27.9. The van der Waals surface area contributed by atoms with E-state index < -0.39 is 10.0 Å². The second-order valence-corrected chi connectivity index (χ2v) is 11.7. The van der Waals surface area contributed by atoms with Gasteiger partial charge in [-0.1, -0.05) is 41.4 Å². The van der Waals surface area contributed by atoms with E-state index in [0.29, 0.717) is 38.5 Å². The first-order chi connectivity index (χ1) is 14.9. The average molecular weight is 515 g/mol. The molecule has 1 N–H and O–H groups in total. The van der Waals surface area contributed by atoms with Gasteiger partial charge in [-0.05, 0) is 62.8 Å². The molecule has 174 valence electrons. The molecule has 1 atom stereocenters. The largest absolute Gasteiger partial charge is 0.356 e. The highest BCUT2D eigenvalue weighted by atomic mass is 79.9. The quantitative estimate of drug-likeness (QED) is 0.510. The molecule has 2 heterocycles. The molecular weight excluding hydrogens is 478 g/mol. The third-order valence-electron chi connectivity index (χ3n) is 6.60. The molecule has 0 radical (unpaired) electrons. The number of rotatable bonds is 9. The zero-order valence-corrected chi connectivity index (χ0v) is 21.0. The maximum absolute atomic E-state index is 12.8. The summed E-state index contributed by atoms with van der Waals surface area (Å²) in [5.74, 6) is -0.0103. The lowest BCUT2D eigenvalue weighted by molar-refractivity contribution is -0.126. The van der Waals surface area contributed by atoms with Crippen molar-refractivity contribution in [2.24, 2.45) is 5.92 Å². The van der Waals surface area contributed by atoms with Gasteiger partial charge >= 0.3 is 0 Å². The fourth-order valence-corrected chi connectivity index (χ4v) is 6.78. The van der Waals surface area contributed by atoms with Crippen molar-refractivity contribution in [2.75, 3.05) is 32.7 Å². The van der Waals surface area contributed by atoms with E-state index in [4.69, 9.17) is 0 Å². The molecule has 0 bridgehead atoms. The molecule has 0 saturated carbocycles. The second kappa shape index (κ2) is 11.8. The molecule has 0 unspecified atom stereocenters. The van der Waals surface area contributed by atoms with Crippen molar-refractivity contribution in [3.63, 3.8) is 0 Å². The minimum atomic E-state index is -3.37. The van der Waals surface area contributed by atoms with Crippen molar-refractivity contribution in [3.05, 3.63) is 34.3 Å². The van der Waals surface area contributed by atoms with Crippen molar-refractivity contribution >= 4 is 31.9 Å². The summed E-state index contributed by atoms with van der Waals surface area (Å²) in [6.45, 7) is 6.02. The summed E-state index contributed by atoms with van der Waals surface area (Å²) in [5.41, 5.74) is 0.772. The number of piperidine rings is 2. The van der Waals surface area contributed by atoms with Gasteiger partial charge in [-0.25, -0.2) is 12.7 Å². The number of hydrogen-bond donors (Lipinski definition) is 1. The van der Waals surface area contributed by atoms with Gasteiger partial charge in [-0.2, -0.15) is 0 Å². The molecule has 8 heteroatoms. The summed E-state index contributed by atoms with van der Waals surface area (Å²) in [4.78, 5) is 15.1. The van der Waals surface area contributed by atoms with Crippen LogP contribution in [0.2, 0.25) is 0 Å². The topological polar surface area (TPSA) is 69.7 Å². The standard InChI is InChI=1S/C23H36BrN3O3S/c1-2-22-9-3-4-13-26(22)14-6-12-25-23(28)20-10-15-27(16-11-20)31(29,30)18-19-7-5-8-21(24)17-19/h5,7-8,17,20,22H,2-4,6,9-16,18H2,1H3,(H,25,28)/t22-/m1/s1. The van der Waals surface area contributed by atoms with E-state index in [0.717, 1.165) is 23.0 Å². The molecule has 0 aromatic heterocycles. The maximum Gasteiger partial charge on any atom is 0.223 e. The van der Waals surface area contributed by atoms with Gasteiger partial charge in [0.25, 0.3) is 0 Å². The van der Waals surface area contributed by atoms with Gasteiger partial charge < -0.3 is 10.2 Å². The molecule has 0 spiro atoms. The monoisotopic (exact) mass is 513 g/mol. The normalized spacial score (nSPS) is 21.8. The van der Waals surface area contributed by atoms with E-state index in [9.17, 15) is 13.2 Å². The second-order valence-electron chi connectivity index (χ2n) is 8.80. The van der Waals surface area contributed by atoms with Crippen LogP contribution in [0.15, 0.2) is 28.7 Å². The molecule has 2 aliphatic heterocycles. The fraction of sp³-hybridized carbons (Fsp3) is 0.696. The number of carbonyl (C=O) groups excluding carboxylic acids is 1. The molecule has 2 saturated heterocycles. The van der Waals surface area contributed by atoms with Crippen LogP contribution < -0.4 is 5.32 Å². The Morgan fingerprint density at radius 2 is 1.94 bits per heavy atom. The summed E-state index contributed by atoms with van der Waals surface area (Å²) in [5, 5.41) is 3.09. The number of sulfonamides is 1. The molecule has 2 fully saturated rings. The minimum absolute atomic E-state index is 0.00143. The molecule has 1 aromatic rings. The lowest BCUT2D eigenvalue weighted by Crippen LogP contribution is -2.44. The van der Waals surface area contributed by atoms with E-state index in [1.165, 1.54) is 32.2 Å². The molecular formula is C23H36BrN3O3S. The van der Waals surface area contributed by atoms with Crippen LogP contribution in [0, 0.1) is 5.92 Å². The number of benzene rings is 1. The van der Waals surface area contributed by atoms with Gasteiger partial charge in [0.15, 0.2) is 0 Å². The number of nitrogens with one attached hydrogen (secondary N) is 1. The Labute approximate surface area is 195 Å². The first-order valence-electron chi connectivity index (χ1n) is 11.6. The van der Waals surface area contributed by atoms with Crippen LogP contribution in [-0.4, -0.2) is 62.3 Å². The number of hydrogen-bond acceptors (Lipinski definition) is 4. The zero-order chi connectivity index (χ0) is 22.3. The highest BCUT2D eigenvalue weighted by molar-refractivity contribution is 9.10. The predicted molar refractivity (Wildman–Crippen MR) is 128 cm³/mol. The number of amides is 1. The maximum atomic E-state index is 12.8. The number of nitrogens with zero attached hydrogens (tertiary/aromatic N) is 2. The first kappa shape index (κ1) is 24.7. The van der Waals surface area contributed by atoms with E-state index in [2.05, 4.69) is 33.1 Å². The third kappa shape index (κ3) is 7.27. The summed E-state index contributed by atoms with van der Waals surface area (Å²) in [6.07, 6.45) is 7.28. The Bertz CT molecular complexity index is 825. The predicted octanol–water partition coefficient (Wildman–Crippen LogP) is 3.76. The number of likely N-dealkylation sites (tertiary alicyclic amines) is 1. The van der Waals surface area contributed by atoms with Gasteiger partial charge in [0.2, 0.25) is 15.9 Å². The fourth-order valence-electron chi connectivity index (χ4n) is 4.78. The van der Waals surface area contributed by atoms with Gasteiger partial charge in [0.05, 0.1) is 5.75 Å². The van der Waals surface area contributed by atoms with E-state index in [1.54, 1.807) is 4.31 Å². The Morgan fingerprint density at radius 3 is 2.65 bits per heavy atom. The molecule has 1 aromatic carbocycles. The van der Waals surface area contributed by atoms with Crippen molar-refractivity contribution in [1.29, 1.82) is 0 Å². The Balaban J connectivity index is 1.38. The Hall–Kier alpha value is -0.960. The molecule has 0 aliphatic carbocycles. The van der Waals surface area contributed by atoms with Crippen LogP contribution in [-0.2, 0) is 20.6 Å². The van der Waals surface area contributed by atoms with Crippen molar-refractivity contribution in [3.8, 4) is 0 Å². The average Bonchev–Trinajstić information content (AvgIpc) is 2.76. The number of halogens is 1. The highest BCUT2D eigenvalue weighted by Gasteiger charge is 2.31. The van der Waals surface area contributed by atoms with Crippen LogP contribution in [0.1, 0.15) is 57.4 Å². The molecule has 3 rings (SSSR count). The number of carbonyl (C=O) groups is 1. The van der Waals surface area contributed by atoms with E-state index >= 15 is 0 Å². The third-order valence-corrected chi connectivity index (χ3v) is 8.94. The van der Waals surface area contributed by atoms with Gasteiger partial charge in [-0.3, -0.25) is 4.79 Å². The van der Waals surface area contributed by atoms with Crippen LogP contribution in [0.4, 0.5) is 0 Å². The summed E-state index contributed by atoms with van der Waals surface area (Å²) in [6, 6.07) is 8.10. The first-order valence-corrected chi connectivity index (χ1v) is 14.0. The van der Waals surface area contributed by atoms with Crippen LogP contribution >= 0.6 is 15.9 Å². The summed E-state index contributed by atoms with van der Waals surface area (Å²) >= 11 is 3.39. The van der Waals surface area contributed by atoms with E-state index in [-0.39, 0.29) is 17.6 Å². The smallest absolute Gasteiger partial charge is 0.223 e. The van der Waals surface area contributed by atoms with Crippen molar-refractivity contribution in [2.45, 2.75) is 63.7 Å². The summed E-state index contributed by atoms with van der Waals surface area (Å²) in [7, 11) is -3.37. The Morgan fingerprint density at radius 1 is 1.16 bits per heavy atom. The van der Waals surface area contributed by atoms with E-state index in [1.807, 2.05) is 24.3 Å².